The Hall–Kier alpha value is -2.24. The molecule has 100 valence electrons. The first-order valence-corrected chi connectivity index (χ1v) is 6.08. The van der Waals surface area contributed by atoms with Crippen molar-refractivity contribution in [3.8, 4) is 0 Å². The van der Waals surface area contributed by atoms with Crippen LogP contribution in [0.15, 0.2) is 18.5 Å². The molecular weight excluding hydrogens is 246 g/mol. The number of hydrogen-bond acceptors (Lipinski definition) is 4. The van der Waals surface area contributed by atoms with Crippen molar-refractivity contribution in [3.63, 3.8) is 0 Å². The van der Waals surface area contributed by atoms with Crippen LogP contribution >= 0.6 is 0 Å². The lowest BCUT2D eigenvalue weighted by molar-refractivity contribution is -0.125. The number of pyridine rings is 1. The second-order valence-electron chi connectivity index (χ2n) is 4.34. The van der Waals surface area contributed by atoms with Crippen LogP contribution in [0.25, 0.3) is 0 Å². The van der Waals surface area contributed by atoms with Gasteiger partial charge in [0.1, 0.15) is 12.3 Å². The van der Waals surface area contributed by atoms with Gasteiger partial charge in [-0.2, -0.15) is 0 Å². The van der Waals surface area contributed by atoms with Gasteiger partial charge in [0.15, 0.2) is 0 Å². The summed E-state index contributed by atoms with van der Waals surface area (Å²) >= 11 is 0. The second kappa shape index (κ2) is 5.60. The van der Waals surface area contributed by atoms with E-state index in [1.807, 2.05) is 0 Å². The van der Waals surface area contributed by atoms with Gasteiger partial charge in [-0.3, -0.25) is 14.6 Å². The molecule has 1 aliphatic rings. The third kappa shape index (κ3) is 2.47. The Morgan fingerprint density at radius 1 is 1.63 bits per heavy atom. The van der Waals surface area contributed by atoms with E-state index in [1.54, 1.807) is 18.5 Å². The van der Waals surface area contributed by atoms with Crippen molar-refractivity contribution in [2.24, 2.45) is 0 Å². The van der Waals surface area contributed by atoms with Gasteiger partial charge in [0.2, 0.25) is 5.91 Å². The Labute approximate surface area is 110 Å². The first-order valence-electron chi connectivity index (χ1n) is 6.08. The summed E-state index contributed by atoms with van der Waals surface area (Å²) < 4.78 is 0. The van der Waals surface area contributed by atoms with Gasteiger partial charge in [-0.05, 0) is 12.5 Å². The van der Waals surface area contributed by atoms with Crippen molar-refractivity contribution in [3.05, 3.63) is 29.6 Å². The monoisotopic (exact) mass is 261 g/mol. The van der Waals surface area contributed by atoms with Crippen molar-refractivity contribution in [1.82, 2.24) is 15.2 Å². The van der Waals surface area contributed by atoms with Gasteiger partial charge in [0, 0.05) is 43.5 Å². The molecule has 2 heterocycles. The van der Waals surface area contributed by atoms with Crippen LogP contribution in [0, 0.1) is 0 Å². The minimum Gasteiger partial charge on any atom is -0.357 e. The topological polar surface area (TPSA) is 79.4 Å². The highest BCUT2D eigenvalue weighted by Gasteiger charge is 2.35. The van der Waals surface area contributed by atoms with Crippen LogP contribution < -0.4 is 5.32 Å². The fourth-order valence-electron chi connectivity index (χ4n) is 2.24. The molecule has 0 bridgehead atoms. The molecule has 1 atom stereocenters. The van der Waals surface area contributed by atoms with E-state index in [2.05, 4.69) is 10.3 Å². The largest absolute Gasteiger partial charge is 0.357 e. The molecule has 0 spiro atoms. The molecule has 6 heteroatoms. The first kappa shape index (κ1) is 13.2. The zero-order valence-electron chi connectivity index (χ0n) is 10.6. The summed E-state index contributed by atoms with van der Waals surface area (Å²) in [5.41, 5.74) is 1.39. The molecule has 2 amide bonds. The molecule has 2 rings (SSSR count). The van der Waals surface area contributed by atoms with Gasteiger partial charge in [0.25, 0.3) is 5.91 Å². The van der Waals surface area contributed by atoms with E-state index in [0.29, 0.717) is 18.5 Å². The first-order chi connectivity index (χ1) is 9.19. The minimum absolute atomic E-state index is 0.183. The third-order valence-corrected chi connectivity index (χ3v) is 3.22. The Kier molecular flexibility index (Phi) is 3.89. The molecule has 0 aromatic carbocycles. The highest BCUT2D eigenvalue weighted by atomic mass is 16.2. The number of likely N-dealkylation sites (N-methyl/N-ethyl adjacent to an activating group) is 1. The Bertz CT molecular complexity index is 516. The smallest absolute Gasteiger partial charge is 0.255 e. The quantitative estimate of drug-likeness (QED) is 0.764. The number of nitrogens with one attached hydrogen (secondary N) is 1. The fraction of sp³-hybridized carbons (Fsp3) is 0.385. The Morgan fingerprint density at radius 3 is 3.05 bits per heavy atom. The molecule has 19 heavy (non-hydrogen) atoms. The maximum Gasteiger partial charge on any atom is 0.255 e. The number of carbonyl (C=O) groups excluding carboxylic acids is 3. The summed E-state index contributed by atoms with van der Waals surface area (Å²) in [6.45, 7) is 0.360. The van der Waals surface area contributed by atoms with Crippen LogP contribution in [0.5, 0.6) is 0 Å². The van der Waals surface area contributed by atoms with Crippen molar-refractivity contribution < 1.29 is 14.4 Å². The third-order valence-electron chi connectivity index (χ3n) is 3.22. The minimum atomic E-state index is -0.616. The molecule has 1 aromatic rings. The highest BCUT2D eigenvalue weighted by Crippen LogP contribution is 2.25. The molecule has 1 unspecified atom stereocenters. The number of aldehydes is 1. The summed E-state index contributed by atoms with van der Waals surface area (Å²) in [6, 6.07) is 1.04. The van der Waals surface area contributed by atoms with Crippen molar-refractivity contribution in [2.75, 3.05) is 7.05 Å². The standard InChI is InChI=1S/C13H15N3O3/c1-14-12(18)11(3-2-6-17)16-8-9-7-15-5-4-10(9)13(16)19/h4-7,11H,2-3,8H2,1H3,(H,14,18). The van der Waals surface area contributed by atoms with Gasteiger partial charge in [-0.1, -0.05) is 0 Å². The summed E-state index contributed by atoms with van der Waals surface area (Å²) in [5.74, 6) is -0.437. The van der Waals surface area contributed by atoms with E-state index in [4.69, 9.17) is 0 Å². The average molecular weight is 261 g/mol. The van der Waals surface area contributed by atoms with E-state index in [0.717, 1.165) is 11.8 Å². The summed E-state index contributed by atoms with van der Waals surface area (Å²) in [7, 11) is 1.52. The molecule has 0 saturated carbocycles. The lowest BCUT2D eigenvalue weighted by atomic mass is 10.1. The van der Waals surface area contributed by atoms with Gasteiger partial charge in [-0.15, -0.1) is 0 Å². The predicted octanol–water partition coefficient (Wildman–Crippen LogP) is 0.131. The van der Waals surface area contributed by atoms with Gasteiger partial charge in [-0.25, -0.2) is 0 Å². The number of aromatic nitrogens is 1. The van der Waals surface area contributed by atoms with Crippen LogP contribution in [0.2, 0.25) is 0 Å². The SMILES string of the molecule is CNC(=O)C(CCC=O)N1Cc2cnccc2C1=O. The maximum atomic E-state index is 12.3. The molecule has 0 saturated heterocycles. The van der Waals surface area contributed by atoms with Crippen LogP contribution in [-0.4, -0.2) is 41.1 Å². The van der Waals surface area contributed by atoms with Crippen molar-refractivity contribution >= 4 is 18.1 Å². The van der Waals surface area contributed by atoms with E-state index >= 15 is 0 Å². The molecule has 1 aromatic heterocycles. The molecule has 1 N–H and O–H groups in total. The van der Waals surface area contributed by atoms with E-state index < -0.39 is 6.04 Å². The number of rotatable bonds is 5. The number of hydrogen-bond donors (Lipinski definition) is 1. The number of amides is 2. The van der Waals surface area contributed by atoms with E-state index in [1.165, 1.54) is 11.9 Å². The molecule has 6 nitrogen and oxygen atoms in total. The van der Waals surface area contributed by atoms with Crippen molar-refractivity contribution in [1.29, 1.82) is 0 Å². The van der Waals surface area contributed by atoms with Crippen LogP contribution in [-0.2, 0) is 16.1 Å². The number of nitrogens with zero attached hydrogens (tertiary/aromatic N) is 2. The van der Waals surface area contributed by atoms with E-state index in [-0.39, 0.29) is 18.2 Å². The molecular formula is C13H15N3O3. The van der Waals surface area contributed by atoms with Crippen LogP contribution in [0.3, 0.4) is 0 Å². The second-order valence-corrected chi connectivity index (χ2v) is 4.34. The summed E-state index contributed by atoms with van der Waals surface area (Å²) in [4.78, 5) is 40.1. The normalized spacial score (nSPS) is 15.0. The molecule has 0 aliphatic carbocycles. The highest BCUT2D eigenvalue weighted by molar-refractivity contribution is 6.00. The van der Waals surface area contributed by atoms with E-state index in [9.17, 15) is 14.4 Å². The zero-order valence-corrected chi connectivity index (χ0v) is 10.6. The molecule has 1 aliphatic heterocycles. The Balaban J connectivity index is 2.23. The predicted molar refractivity (Wildman–Crippen MR) is 67.3 cm³/mol. The number of fused-ring (bicyclic) bond motifs is 1. The fourth-order valence-corrected chi connectivity index (χ4v) is 2.24. The van der Waals surface area contributed by atoms with Gasteiger partial charge in [0.05, 0.1) is 0 Å². The lowest BCUT2D eigenvalue weighted by Gasteiger charge is -2.25. The number of carbonyl (C=O) groups is 3. The Morgan fingerprint density at radius 2 is 2.42 bits per heavy atom. The van der Waals surface area contributed by atoms with Crippen LogP contribution in [0.4, 0.5) is 0 Å². The molecule has 0 radical (unpaired) electrons. The maximum absolute atomic E-state index is 12.3. The lowest BCUT2D eigenvalue weighted by Crippen LogP contribution is -2.46. The summed E-state index contributed by atoms with van der Waals surface area (Å²) in [6.07, 6.45) is 4.52. The molecule has 0 fully saturated rings. The van der Waals surface area contributed by atoms with Crippen LogP contribution in [0.1, 0.15) is 28.8 Å². The van der Waals surface area contributed by atoms with Gasteiger partial charge < -0.3 is 15.0 Å². The van der Waals surface area contributed by atoms with Crippen molar-refractivity contribution in [2.45, 2.75) is 25.4 Å². The average Bonchev–Trinajstić information content (AvgIpc) is 2.77. The summed E-state index contributed by atoms with van der Waals surface area (Å²) in [5, 5.41) is 2.53. The zero-order chi connectivity index (χ0) is 13.8. The van der Waals surface area contributed by atoms with Gasteiger partial charge >= 0.3 is 0 Å².